The summed E-state index contributed by atoms with van der Waals surface area (Å²) in [6.45, 7) is 13.0. The molecule has 0 amide bonds. The quantitative estimate of drug-likeness (QED) is 0.220. The Morgan fingerprint density at radius 1 is 1.08 bits per heavy atom. The van der Waals surface area contributed by atoms with Gasteiger partial charge in [0.1, 0.15) is 0 Å². The van der Waals surface area contributed by atoms with Crippen molar-refractivity contribution in [1.29, 1.82) is 0 Å². The van der Waals surface area contributed by atoms with Crippen molar-refractivity contribution < 1.29 is 26.6 Å². The van der Waals surface area contributed by atoms with Crippen LogP contribution in [0, 0.1) is 13.8 Å². The number of ether oxygens (including phenoxy) is 1. The molecule has 1 aromatic heterocycles. The van der Waals surface area contributed by atoms with Crippen LogP contribution in [0.25, 0.3) is 10.9 Å². The molecule has 2 aliphatic heterocycles. The summed E-state index contributed by atoms with van der Waals surface area (Å²) in [7, 11) is -4.39. The molecule has 5 rings (SSSR count). The molecule has 39 heavy (non-hydrogen) atoms. The van der Waals surface area contributed by atoms with Crippen molar-refractivity contribution in [3.05, 3.63) is 53.2 Å². The summed E-state index contributed by atoms with van der Waals surface area (Å²) in [6.07, 6.45) is 6.02. The smallest absolute Gasteiger partial charge is 0.399 e. The molecule has 1 unspecified atom stereocenters. The van der Waals surface area contributed by atoms with Gasteiger partial charge in [0.25, 0.3) is 10.1 Å². The average molecular weight is 555 g/mol. The summed E-state index contributed by atoms with van der Waals surface area (Å²) in [5, 5.41) is 5.72. The molecule has 0 bridgehead atoms. The van der Waals surface area contributed by atoms with Crippen molar-refractivity contribution in [3.63, 3.8) is 0 Å². The van der Waals surface area contributed by atoms with Gasteiger partial charge in [0.15, 0.2) is 6.23 Å². The minimum Gasteiger partial charge on any atom is -0.399 e. The number of aromatic nitrogens is 2. The fraction of sp³-hybridized carbons (Fsp3) is 0.552. The predicted molar refractivity (Wildman–Crippen MR) is 152 cm³/mol. The highest BCUT2D eigenvalue weighted by molar-refractivity contribution is 7.86. The van der Waals surface area contributed by atoms with Crippen molar-refractivity contribution in [2.24, 2.45) is 0 Å². The fourth-order valence-corrected chi connectivity index (χ4v) is 6.23. The number of rotatable bonds is 8. The van der Waals surface area contributed by atoms with Crippen LogP contribution < -0.4 is 5.46 Å². The number of hydrogen-bond donors (Lipinski definition) is 0. The Morgan fingerprint density at radius 2 is 1.77 bits per heavy atom. The number of aryl methyl sites for hydroxylation is 2. The van der Waals surface area contributed by atoms with Gasteiger partial charge in [0.05, 0.1) is 34.4 Å². The van der Waals surface area contributed by atoms with Crippen molar-refractivity contribution in [3.8, 4) is 0 Å². The molecule has 210 valence electrons. The SMILES string of the molecule is Cc1ccc(S(=O)(=O)OCCCc2c(C)cc3c(cnn3C3CCCCO3)c2B2OC(C)(C)C(C)(C)O2)cc1. The van der Waals surface area contributed by atoms with E-state index >= 15 is 0 Å². The van der Waals surface area contributed by atoms with Crippen LogP contribution in [0.3, 0.4) is 0 Å². The first-order chi connectivity index (χ1) is 18.4. The summed E-state index contributed by atoms with van der Waals surface area (Å²) in [4.78, 5) is 0.168. The van der Waals surface area contributed by atoms with Gasteiger partial charge in [-0.3, -0.25) is 4.18 Å². The molecule has 2 fully saturated rings. The second-order valence-corrected chi connectivity index (χ2v) is 13.3. The van der Waals surface area contributed by atoms with E-state index in [0.717, 1.165) is 58.9 Å². The standard InChI is InChI=1S/C29H39BN2O6S/c1-20-12-14-22(15-13-20)39(33,34)36-17-9-10-23-21(2)18-25-24(19-31-32(25)26-11-7-8-16-35-26)27(23)30-37-28(3,4)29(5,6)38-30/h12-15,18-19,26H,7-11,16-17H2,1-6H3. The van der Waals surface area contributed by atoms with E-state index in [1.165, 1.54) is 0 Å². The predicted octanol–water partition coefficient (Wildman–Crippen LogP) is 4.99. The molecule has 2 saturated heterocycles. The lowest BCUT2D eigenvalue weighted by Gasteiger charge is -2.32. The largest absolute Gasteiger partial charge is 0.495 e. The summed E-state index contributed by atoms with van der Waals surface area (Å²) < 4.78 is 51.8. The van der Waals surface area contributed by atoms with Crippen LogP contribution in [0.15, 0.2) is 41.4 Å². The Balaban J connectivity index is 1.44. The molecular formula is C29H39BN2O6S. The van der Waals surface area contributed by atoms with Gasteiger partial charge in [-0.25, -0.2) is 4.68 Å². The normalized spacial score (nSPS) is 21.1. The topological polar surface area (TPSA) is 88.9 Å². The molecule has 8 nitrogen and oxygen atoms in total. The monoisotopic (exact) mass is 554 g/mol. The van der Waals surface area contributed by atoms with E-state index in [1.807, 2.05) is 45.5 Å². The van der Waals surface area contributed by atoms with E-state index in [1.54, 1.807) is 24.3 Å². The Hall–Kier alpha value is -2.24. The van der Waals surface area contributed by atoms with Crippen LogP contribution in [0.1, 0.15) is 76.3 Å². The molecule has 1 atom stereocenters. The Morgan fingerprint density at radius 3 is 2.41 bits per heavy atom. The molecule has 3 aromatic rings. The summed E-state index contributed by atoms with van der Waals surface area (Å²) in [5.41, 5.74) is 4.08. The van der Waals surface area contributed by atoms with Crippen molar-refractivity contribution >= 4 is 33.6 Å². The lowest BCUT2D eigenvalue weighted by atomic mass is 9.72. The maximum Gasteiger partial charge on any atom is 0.495 e. The van der Waals surface area contributed by atoms with Crippen molar-refractivity contribution in [2.75, 3.05) is 13.2 Å². The zero-order valence-electron chi connectivity index (χ0n) is 23.8. The molecule has 0 aliphatic carbocycles. The first-order valence-corrected chi connectivity index (χ1v) is 15.2. The Labute approximate surface area is 232 Å². The van der Waals surface area contributed by atoms with Crippen LogP contribution in [0.4, 0.5) is 0 Å². The highest BCUT2D eigenvalue weighted by Crippen LogP contribution is 2.38. The summed E-state index contributed by atoms with van der Waals surface area (Å²) in [5.74, 6) is 0. The molecule has 0 radical (unpaired) electrons. The van der Waals surface area contributed by atoms with Crippen LogP contribution >= 0.6 is 0 Å². The minimum atomic E-state index is -3.82. The molecule has 2 aliphatic rings. The fourth-order valence-electron chi connectivity index (χ4n) is 5.29. The van der Waals surface area contributed by atoms with E-state index in [2.05, 4.69) is 13.0 Å². The van der Waals surface area contributed by atoms with E-state index in [4.69, 9.17) is 23.3 Å². The van der Waals surface area contributed by atoms with Crippen LogP contribution in [-0.2, 0) is 34.8 Å². The maximum absolute atomic E-state index is 12.7. The third kappa shape index (κ3) is 5.54. The molecule has 3 heterocycles. The summed E-state index contributed by atoms with van der Waals surface area (Å²) >= 11 is 0. The Kier molecular flexibility index (Phi) is 7.71. The third-order valence-corrected chi connectivity index (χ3v) is 9.64. The zero-order valence-corrected chi connectivity index (χ0v) is 24.6. The van der Waals surface area contributed by atoms with Crippen molar-refractivity contribution in [1.82, 2.24) is 9.78 Å². The van der Waals surface area contributed by atoms with Gasteiger partial charge in [-0.15, -0.1) is 0 Å². The van der Waals surface area contributed by atoms with Gasteiger partial charge in [-0.05, 0) is 108 Å². The highest BCUT2D eigenvalue weighted by Gasteiger charge is 2.53. The van der Waals surface area contributed by atoms with Gasteiger partial charge in [0, 0.05) is 12.0 Å². The number of fused-ring (bicyclic) bond motifs is 1. The number of hydrogen-bond acceptors (Lipinski definition) is 7. The molecule has 0 saturated carbocycles. The van der Waals surface area contributed by atoms with E-state index < -0.39 is 28.4 Å². The maximum atomic E-state index is 12.7. The van der Waals surface area contributed by atoms with Gasteiger partial charge >= 0.3 is 7.12 Å². The summed E-state index contributed by atoms with van der Waals surface area (Å²) in [6, 6.07) is 8.84. The second kappa shape index (κ2) is 10.6. The van der Waals surface area contributed by atoms with Crippen LogP contribution in [0.5, 0.6) is 0 Å². The molecule has 10 heteroatoms. The first kappa shape index (κ1) is 28.3. The average Bonchev–Trinajstić information content (AvgIpc) is 3.38. The van der Waals surface area contributed by atoms with Gasteiger partial charge in [-0.1, -0.05) is 17.7 Å². The first-order valence-electron chi connectivity index (χ1n) is 13.8. The number of benzene rings is 2. The van der Waals surface area contributed by atoms with Crippen LogP contribution in [-0.4, -0.2) is 49.7 Å². The van der Waals surface area contributed by atoms with Crippen molar-refractivity contribution in [2.45, 2.75) is 96.0 Å². The molecule has 0 spiro atoms. The highest BCUT2D eigenvalue weighted by atomic mass is 32.2. The van der Waals surface area contributed by atoms with E-state index in [-0.39, 0.29) is 17.7 Å². The van der Waals surface area contributed by atoms with E-state index in [9.17, 15) is 8.42 Å². The molecule has 2 aromatic carbocycles. The van der Waals surface area contributed by atoms with Crippen LogP contribution in [0.2, 0.25) is 0 Å². The zero-order chi connectivity index (χ0) is 28.0. The lowest BCUT2D eigenvalue weighted by molar-refractivity contribution is -0.0366. The molecule has 0 N–H and O–H groups in total. The lowest BCUT2D eigenvalue weighted by Crippen LogP contribution is -2.41. The molecular weight excluding hydrogens is 515 g/mol. The van der Waals surface area contributed by atoms with Gasteiger partial charge in [-0.2, -0.15) is 13.5 Å². The van der Waals surface area contributed by atoms with E-state index in [0.29, 0.717) is 12.8 Å². The minimum absolute atomic E-state index is 0.0751. The Bertz CT molecular complexity index is 1430. The third-order valence-electron chi connectivity index (χ3n) is 8.32. The number of nitrogens with zero attached hydrogens (tertiary/aromatic N) is 2. The second-order valence-electron chi connectivity index (χ2n) is 11.7. The van der Waals surface area contributed by atoms with Gasteiger partial charge < -0.3 is 14.0 Å². The van der Waals surface area contributed by atoms with Gasteiger partial charge in [0.2, 0.25) is 0 Å².